The van der Waals surface area contributed by atoms with E-state index in [1.165, 1.54) is 6.26 Å². The number of furan rings is 1. The molecule has 0 aliphatic carbocycles. The van der Waals surface area contributed by atoms with Crippen molar-refractivity contribution in [2.75, 3.05) is 26.2 Å². The van der Waals surface area contributed by atoms with Gasteiger partial charge in [0.1, 0.15) is 18.6 Å². The van der Waals surface area contributed by atoms with Crippen LogP contribution in [0.3, 0.4) is 0 Å². The SMILES string of the molecule is O=C(c1coc(CO)c1)N1CCNCC1. The monoisotopic (exact) mass is 210 g/mol. The zero-order valence-electron chi connectivity index (χ0n) is 8.40. The molecule has 0 aromatic carbocycles. The van der Waals surface area contributed by atoms with Crippen LogP contribution in [0, 0.1) is 0 Å². The third-order valence-electron chi connectivity index (χ3n) is 2.46. The fourth-order valence-corrected chi connectivity index (χ4v) is 1.63. The summed E-state index contributed by atoms with van der Waals surface area (Å²) in [6.45, 7) is 2.93. The summed E-state index contributed by atoms with van der Waals surface area (Å²) in [5.41, 5.74) is 0.515. The summed E-state index contributed by atoms with van der Waals surface area (Å²) in [6, 6.07) is 1.59. The van der Waals surface area contributed by atoms with Crippen LogP contribution in [0.25, 0.3) is 0 Å². The van der Waals surface area contributed by atoms with Crippen LogP contribution in [-0.2, 0) is 6.61 Å². The summed E-state index contributed by atoms with van der Waals surface area (Å²) in [4.78, 5) is 13.7. The summed E-state index contributed by atoms with van der Waals surface area (Å²) < 4.78 is 5.01. The number of rotatable bonds is 2. The molecule has 2 rings (SSSR count). The minimum absolute atomic E-state index is 0.0278. The molecule has 82 valence electrons. The van der Waals surface area contributed by atoms with E-state index in [0.717, 1.165) is 26.2 Å². The maximum absolute atomic E-state index is 11.9. The highest BCUT2D eigenvalue weighted by Crippen LogP contribution is 2.11. The molecule has 5 nitrogen and oxygen atoms in total. The van der Waals surface area contributed by atoms with Crippen molar-refractivity contribution in [2.24, 2.45) is 0 Å². The van der Waals surface area contributed by atoms with Gasteiger partial charge in [-0.05, 0) is 6.07 Å². The van der Waals surface area contributed by atoms with Crippen LogP contribution in [0.2, 0.25) is 0 Å². The Morgan fingerprint density at radius 3 is 2.87 bits per heavy atom. The van der Waals surface area contributed by atoms with Crippen LogP contribution in [0.5, 0.6) is 0 Å². The second-order valence-corrected chi connectivity index (χ2v) is 3.50. The van der Waals surface area contributed by atoms with Gasteiger partial charge in [0.2, 0.25) is 0 Å². The fourth-order valence-electron chi connectivity index (χ4n) is 1.63. The van der Waals surface area contributed by atoms with E-state index in [9.17, 15) is 4.79 Å². The van der Waals surface area contributed by atoms with E-state index in [-0.39, 0.29) is 12.5 Å². The number of amides is 1. The zero-order chi connectivity index (χ0) is 10.7. The second-order valence-electron chi connectivity index (χ2n) is 3.50. The minimum atomic E-state index is -0.172. The summed E-state index contributed by atoms with van der Waals surface area (Å²) in [5, 5.41) is 12.0. The van der Waals surface area contributed by atoms with Gasteiger partial charge < -0.3 is 19.7 Å². The molecule has 15 heavy (non-hydrogen) atoms. The first-order valence-electron chi connectivity index (χ1n) is 4.99. The highest BCUT2D eigenvalue weighted by Gasteiger charge is 2.19. The lowest BCUT2D eigenvalue weighted by molar-refractivity contribution is 0.0735. The Morgan fingerprint density at radius 2 is 2.27 bits per heavy atom. The van der Waals surface area contributed by atoms with Crippen molar-refractivity contribution < 1.29 is 14.3 Å². The molecule has 1 fully saturated rings. The normalized spacial score (nSPS) is 16.7. The van der Waals surface area contributed by atoms with Gasteiger partial charge in [0.15, 0.2) is 0 Å². The maximum atomic E-state index is 11.9. The molecule has 0 unspecified atom stereocenters. The molecular formula is C10H14N2O3. The smallest absolute Gasteiger partial charge is 0.257 e. The molecule has 1 aromatic rings. The third-order valence-corrected chi connectivity index (χ3v) is 2.46. The summed E-state index contributed by atoms with van der Waals surface area (Å²) in [6.07, 6.45) is 1.40. The Morgan fingerprint density at radius 1 is 1.53 bits per heavy atom. The van der Waals surface area contributed by atoms with Crippen molar-refractivity contribution in [3.63, 3.8) is 0 Å². The fraction of sp³-hybridized carbons (Fsp3) is 0.500. The third kappa shape index (κ3) is 2.19. The Bertz CT molecular complexity index is 342. The second kappa shape index (κ2) is 4.46. The van der Waals surface area contributed by atoms with Gasteiger partial charge in [-0.1, -0.05) is 0 Å². The van der Waals surface area contributed by atoms with Crippen molar-refractivity contribution in [2.45, 2.75) is 6.61 Å². The van der Waals surface area contributed by atoms with E-state index >= 15 is 0 Å². The Balaban J connectivity index is 2.05. The summed E-state index contributed by atoms with van der Waals surface area (Å²) in [7, 11) is 0. The predicted molar refractivity (Wildman–Crippen MR) is 53.4 cm³/mol. The predicted octanol–water partition coefficient (Wildman–Crippen LogP) is -0.183. The number of carbonyl (C=O) groups excluding carboxylic acids is 1. The highest BCUT2D eigenvalue weighted by atomic mass is 16.4. The molecule has 0 spiro atoms. The first kappa shape index (κ1) is 10.2. The molecule has 1 aliphatic heterocycles. The minimum Gasteiger partial charge on any atom is -0.466 e. The lowest BCUT2D eigenvalue weighted by atomic mass is 10.2. The van der Waals surface area contributed by atoms with Crippen LogP contribution in [0.15, 0.2) is 16.7 Å². The number of hydrogen-bond acceptors (Lipinski definition) is 4. The number of nitrogens with one attached hydrogen (secondary N) is 1. The molecule has 1 aliphatic rings. The lowest BCUT2D eigenvalue weighted by Crippen LogP contribution is -2.46. The first-order chi connectivity index (χ1) is 7.31. The van der Waals surface area contributed by atoms with E-state index in [2.05, 4.69) is 5.32 Å². The molecule has 0 atom stereocenters. The van der Waals surface area contributed by atoms with E-state index in [1.54, 1.807) is 11.0 Å². The van der Waals surface area contributed by atoms with E-state index < -0.39 is 0 Å². The Labute approximate surface area is 87.7 Å². The highest BCUT2D eigenvalue weighted by molar-refractivity contribution is 5.94. The van der Waals surface area contributed by atoms with Crippen molar-refractivity contribution in [1.82, 2.24) is 10.2 Å². The molecule has 0 saturated carbocycles. The topological polar surface area (TPSA) is 65.7 Å². The average Bonchev–Trinajstić information content (AvgIpc) is 2.78. The number of aliphatic hydroxyl groups is 1. The summed E-state index contributed by atoms with van der Waals surface area (Å²) in [5.74, 6) is 0.397. The largest absolute Gasteiger partial charge is 0.466 e. The number of carbonyl (C=O) groups is 1. The zero-order valence-corrected chi connectivity index (χ0v) is 8.40. The molecule has 1 aromatic heterocycles. The number of hydrogen-bond donors (Lipinski definition) is 2. The van der Waals surface area contributed by atoms with E-state index in [0.29, 0.717) is 11.3 Å². The molecule has 2 heterocycles. The van der Waals surface area contributed by atoms with Crippen molar-refractivity contribution in [3.8, 4) is 0 Å². The molecular weight excluding hydrogens is 196 g/mol. The average molecular weight is 210 g/mol. The quantitative estimate of drug-likeness (QED) is 0.710. The van der Waals surface area contributed by atoms with E-state index in [1.807, 2.05) is 0 Å². The van der Waals surface area contributed by atoms with E-state index in [4.69, 9.17) is 9.52 Å². The number of nitrogens with zero attached hydrogens (tertiary/aromatic N) is 1. The van der Waals surface area contributed by atoms with Gasteiger partial charge in [0, 0.05) is 26.2 Å². The van der Waals surface area contributed by atoms with Gasteiger partial charge in [0.05, 0.1) is 5.56 Å². The van der Waals surface area contributed by atoms with Crippen LogP contribution in [0.4, 0.5) is 0 Å². The molecule has 1 amide bonds. The summed E-state index contributed by atoms with van der Waals surface area (Å²) >= 11 is 0. The van der Waals surface area contributed by atoms with Crippen LogP contribution >= 0.6 is 0 Å². The Hall–Kier alpha value is -1.33. The number of piperazine rings is 1. The first-order valence-corrected chi connectivity index (χ1v) is 4.99. The molecule has 2 N–H and O–H groups in total. The van der Waals surface area contributed by atoms with Gasteiger partial charge in [-0.2, -0.15) is 0 Å². The van der Waals surface area contributed by atoms with Gasteiger partial charge >= 0.3 is 0 Å². The van der Waals surface area contributed by atoms with Gasteiger partial charge in [-0.3, -0.25) is 4.79 Å². The van der Waals surface area contributed by atoms with Crippen LogP contribution in [0.1, 0.15) is 16.1 Å². The molecule has 5 heteroatoms. The van der Waals surface area contributed by atoms with Crippen LogP contribution in [-0.4, -0.2) is 42.1 Å². The maximum Gasteiger partial charge on any atom is 0.257 e. The van der Waals surface area contributed by atoms with Gasteiger partial charge in [-0.15, -0.1) is 0 Å². The van der Waals surface area contributed by atoms with Gasteiger partial charge in [-0.25, -0.2) is 0 Å². The Kier molecular flexibility index (Phi) is 3.03. The van der Waals surface area contributed by atoms with Gasteiger partial charge in [0.25, 0.3) is 5.91 Å². The molecule has 0 bridgehead atoms. The molecule has 1 saturated heterocycles. The van der Waals surface area contributed by atoms with Crippen molar-refractivity contribution in [1.29, 1.82) is 0 Å². The van der Waals surface area contributed by atoms with Crippen molar-refractivity contribution in [3.05, 3.63) is 23.7 Å². The lowest BCUT2D eigenvalue weighted by Gasteiger charge is -2.26. The van der Waals surface area contributed by atoms with Crippen LogP contribution < -0.4 is 5.32 Å². The number of aliphatic hydroxyl groups excluding tert-OH is 1. The molecule has 0 radical (unpaired) electrons. The standard InChI is InChI=1S/C10H14N2O3/c13-6-9-5-8(7-15-9)10(14)12-3-1-11-2-4-12/h5,7,11,13H,1-4,6H2. The van der Waals surface area contributed by atoms with Crippen molar-refractivity contribution >= 4 is 5.91 Å².